The van der Waals surface area contributed by atoms with E-state index in [4.69, 9.17) is 5.16 Å². The van der Waals surface area contributed by atoms with Gasteiger partial charge in [-0.15, -0.1) is 0 Å². The van der Waals surface area contributed by atoms with Crippen molar-refractivity contribution in [3.8, 4) is 0 Å². The topological polar surface area (TPSA) is 48.8 Å². The normalized spacial score (nSPS) is 11.6. The molecule has 0 aliphatic carbocycles. The van der Waals surface area contributed by atoms with Gasteiger partial charge in [-0.1, -0.05) is 0 Å². The maximum atomic E-state index is 6.72. The summed E-state index contributed by atoms with van der Waals surface area (Å²) in [6, 6.07) is 0. The molecule has 2 aromatic rings. The molecule has 1 aromatic carbocycles. The predicted molar refractivity (Wildman–Crippen MR) is 93.6 cm³/mol. The second kappa shape index (κ2) is 9.42. The number of pyridine rings is 1. The standard InChI is InChI=1S/C14H17N.C3H9N2P.V/c1-8-6-15-7-13-11(4)9(2)10(3)12(5)14(8)13;1-3(5-2)6-4;/h6-7H,1-5H3;3-5H,1-2H3;. The van der Waals surface area contributed by atoms with Crippen LogP contribution in [0.1, 0.15) is 34.7 Å². The number of fused-ring (bicyclic) bond motifs is 1. The fourth-order valence-electron chi connectivity index (χ4n) is 2.36. The molecule has 2 rings (SSSR count). The van der Waals surface area contributed by atoms with Gasteiger partial charge in [0.25, 0.3) is 0 Å². The number of hydrogen-bond acceptors (Lipinski definition) is 3. The van der Waals surface area contributed by atoms with E-state index in [0.29, 0.717) is 14.2 Å². The van der Waals surface area contributed by atoms with Crippen molar-refractivity contribution >= 4 is 19.1 Å². The number of aromatic nitrogens is 1. The van der Waals surface area contributed by atoms with Crippen LogP contribution in [0.2, 0.25) is 0 Å². The largest absolute Gasteiger partial charge is 0.309 e. The fraction of sp³-hybridized carbons (Fsp3) is 0.471. The molecule has 2 N–H and O–H groups in total. The van der Waals surface area contributed by atoms with E-state index >= 15 is 0 Å². The van der Waals surface area contributed by atoms with E-state index < -0.39 is 0 Å². The van der Waals surface area contributed by atoms with Gasteiger partial charge < -0.3 is 5.32 Å². The Morgan fingerprint density at radius 1 is 1.00 bits per heavy atom. The minimum absolute atomic E-state index is 0. The zero-order valence-electron chi connectivity index (χ0n) is 14.6. The molecule has 0 saturated heterocycles. The Labute approximate surface area is 147 Å². The Hall–Kier alpha value is -0.726. The third-order valence-electron chi connectivity index (χ3n) is 4.21. The third-order valence-corrected chi connectivity index (χ3v) is 4.86. The van der Waals surface area contributed by atoms with Crippen molar-refractivity contribution in [1.29, 1.82) is 5.16 Å². The molecule has 0 saturated carbocycles. The Kier molecular flexibility index (Phi) is 9.11. The summed E-state index contributed by atoms with van der Waals surface area (Å²) in [6.45, 7) is 12.9. The quantitative estimate of drug-likeness (QED) is 0.743. The van der Waals surface area contributed by atoms with Crippen LogP contribution in [0, 0.1) is 39.8 Å². The van der Waals surface area contributed by atoms with Crippen molar-refractivity contribution in [3.63, 3.8) is 0 Å². The number of nitrogens with zero attached hydrogens (tertiary/aromatic N) is 1. The molecule has 1 radical (unpaired) electrons. The first kappa shape index (κ1) is 21.3. The summed E-state index contributed by atoms with van der Waals surface area (Å²) < 4.78 is 0. The molecule has 1 aromatic heterocycles. The van der Waals surface area contributed by atoms with Crippen LogP contribution < -0.4 is 5.32 Å². The molecule has 0 amide bonds. The van der Waals surface area contributed by atoms with Crippen LogP contribution in [0.4, 0.5) is 0 Å². The molecule has 1 unspecified atom stereocenters. The second-order valence-corrected chi connectivity index (χ2v) is 6.51. The Morgan fingerprint density at radius 2 is 1.55 bits per heavy atom. The van der Waals surface area contributed by atoms with Crippen LogP contribution in [0.15, 0.2) is 12.4 Å². The molecule has 5 heteroatoms. The van der Waals surface area contributed by atoms with Crippen LogP contribution in [-0.4, -0.2) is 17.8 Å². The maximum absolute atomic E-state index is 6.72. The summed E-state index contributed by atoms with van der Waals surface area (Å²) in [5.41, 5.74) is 6.84. The van der Waals surface area contributed by atoms with Crippen LogP contribution >= 0.6 is 8.37 Å². The average molecular weight is 354 g/mol. The summed E-state index contributed by atoms with van der Waals surface area (Å²) in [7, 11) is 2.52. The molecular formula is C17H26N3PV. The van der Waals surface area contributed by atoms with Crippen LogP contribution in [0.25, 0.3) is 10.8 Å². The molecule has 3 nitrogen and oxygen atoms in total. The zero-order chi connectivity index (χ0) is 16.2. The second-order valence-electron chi connectivity index (χ2n) is 5.47. The monoisotopic (exact) mass is 354 g/mol. The summed E-state index contributed by atoms with van der Waals surface area (Å²) >= 11 is 0. The first-order valence-corrected chi connectivity index (χ1v) is 8.16. The van der Waals surface area contributed by atoms with E-state index in [2.05, 4.69) is 44.9 Å². The van der Waals surface area contributed by atoms with Crippen LogP contribution in [0.5, 0.6) is 0 Å². The molecule has 0 bridgehead atoms. The van der Waals surface area contributed by atoms with Gasteiger partial charge in [-0.05, 0) is 81.8 Å². The van der Waals surface area contributed by atoms with Gasteiger partial charge >= 0.3 is 0 Å². The van der Waals surface area contributed by atoms with Gasteiger partial charge in [0.15, 0.2) is 0 Å². The first-order chi connectivity index (χ1) is 9.84. The first-order valence-electron chi connectivity index (χ1n) is 7.19. The molecule has 1 atom stereocenters. The zero-order valence-corrected chi connectivity index (χ0v) is 16.9. The van der Waals surface area contributed by atoms with Gasteiger partial charge in [0.05, 0.1) is 5.78 Å². The average Bonchev–Trinajstić information content (AvgIpc) is 2.50. The van der Waals surface area contributed by atoms with Crippen molar-refractivity contribution in [1.82, 2.24) is 10.3 Å². The maximum Gasteiger partial charge on any atom is 0.0634 e. The number of nitrogens with one attached hydrogen (secondary N) is 2. The summed E-state index contributed by atoms with van der Waals surface area (Å²) in [4.78, 5) is 4.29. The van der Waals surface area contributed by atoms with E-state index in [0.717, 1.165) is 0 Å². The Bertz CT molecular complexity index is 656. The number of aryl methyl sites for hydroxylation is 3. The van der Waals surface area contributed by atoms with Gasteiger partial charge in [0, 0.05) is 44.7 Å². The summed E-state index contributed by atoms with van der Waals surface area (Å²) in [5.74, 6) is 0.324. The molecule has 119 valence electrons. The molecule has 0 aliphatic heterocycles. The van der Waals surface area contributed by atoms with Crippen molar-refractivity contribution in [2.75, 3.05) is 7.05 Å². The van der Waals surface area contributed by atoms with Crippen molar-refractivity contribution in [2.45, 2.75) is 47.3 Å². The molecule has 0 aliphatic rings. The summed E-state index contributed by atoms with van der Waals surface area (Å²) in [6.07, 6.45) is 3.93. The van der Waals surface area contributed by atoms with E-state index in [1.807, 2.05) is 26.4 Å². The van der Waals surface area contributed by atoms with Gasteiger partial charge in [0.2, 0.25) is 0 Å². The van der Waals surface area contributed by atoms with Crippen molar-refractivity contribution in [2.24, 2.45) is 0 Å². The summed E-state index contributed by atoms with van der Waals surface area (Å²) in [5, 5.41) is 12.3. The van der Waals surface area contributed by atoms with Gasteiger partial charge in [-0.25, -0.2) is 0 Å². The van der Waals surface area contributed by atoms with E-state index in [1.165, 1.54) is 38.6 Å². The van der Waals surface area contributed by atoms with Crippen LogP contribution in [0.3, 0.4) is 0 Å². The van der Waals surface area contributed by atoms with Crippen LogP contribution in [-0.2, 0) is 18.6 Å². The van der Waals surface area contributed by atoms with Crippen molar-refractivity contribution < 1.29 is 18.6 Å². The molecular weight excluding hydrogens is 328 g/mol. The molecule has 0 fully saturated rings. The van der Waals surface area contributed by atoms with Gasteiger partial charge in [0.1, 0.15) is 0 Å². The third kappa shape index (κ3) is 4.63. The Balaban J connectivity index is 0.000000546. The van der Waals surface area contributed by atoms with E-state index in [9.17, 15) is 0 Å². The molecule has 0 spiro atoms. The minimum atomic E-state index is 0. The number of benzene rings is 1. The van der Waals surface area contributed by atoms with E-state index in [-0.39, 0.29) is 18.6 Å². The number of hydrogen-bond donors (Lipinski definition) is 2. The molecule has 1 heterocycles. The molecule has 22 heavy (non-hydrogen) atoms. The number of rotatable bonds is 2. The van der Waals surface area contributed by atoms with Gasteiger partial charge in [-0.2, -0.15) is 0 Å². The SMILES string of the molecule is CNC(C)P=N.Cc1c(C)c(C)c2c(C)cncc2c1C.[V]. The smallest absolute Gasteiger partial charge is 0.0634 e. The van der Waals surface area contributed by atoms with Crippen molar-refractivity contribution in [3.05, 3.63) is 40.2 Å². The Morgan fingerprint density at radius 3 is 2.00 bits per heavy atom. The van der Waals surface area contributed by atoms with Gasteiger partial charge in [-0.3, -0.25) is 10.1 Å². The minimum Gasteiger partial charge on any atom is -0.309 e. The van der Waals surface area contributed by atoms with E-state index in [1.54, 1.807) is 0 Å². The predicted octanol–water partition coefficient (Wildman–Crippen LogP) is 5.03. The fourth-order valence-corrected chi connectivity index (χ4v) is 2.49.